The van der Waals surface area contributed by atoms with Crippen LogP contribution < -0.4 is 4.74 Å². The van der Waals surface area contributed by atoms with Gasteiger partial charge in [-0.15, -0.1) is 10.2 Å². The first-order valence-corrected chi connectivity index (χ1v) is 10.9. The van der Waals surface area contributed by atoms with Crippen LogP contribution in [0.4, 0.5) is 0 Å². The maximum Gasteiger partial charge on any atom is 0.192 e. The fourth-order valence-electron chi connectivity index (χ4n) is 3.62. The van der Waals surface area contributed by atoms with E-state index in [0.717, 1.165) is 54.5 Å². The number of carbonyl (C=O) groups excluding carboxylic acids is 1. The van der Waals surface area contributed by atoms with Crippen LogP contribution in [0.25, 0.3) is 11.4 Å². The zero-order valence-corrected chi connectivity index (χ0v) is 17.4. The Morgan fingerprint density at radius 1 is 1.07 bits per heavy atom. The van der Waals surface area contributed by atoms with Gasteiger partial charge in [0.1, 0.15) is 11.5 Å². The Labute approximate surface area is 175 Å². The molecule has 1 aliphatic rings. The smallest absolute Gasteiger partial charge is 0.192 e. The Balaban J connectivity index is 1.62. The minimum absolute atomic E-state index is 0.00728. The van der Waals surface area contributed by atoms with Crippen molar-refractivity contribution in [3.8, 4) is 17.1 Å². The van der Waals surface area contributed by atoms with Crippen molar-refractivity contribution in [2.75, 3.05) is 7.11 Å². The van der Waals surface area contributed by atoms with E-state index in [4.69, 9.17) is 4.74 Å². The largest absolute Gasteiger partial charge is 0.497 e. The molecule has 0 amide bonds. The van der Waals surface area contributed by atoms with Gasteiger partial charge >= 0.3 is 0 Å². The summed E-state index contributed by atoms with van der Waals surface area (Å²) in [5.41, 5.74) is 2.26. The lowest BCUT2D eigenvalue weighted by Crippen LogP contribution is -2.22. The van der Waals surface area contributed by atoms with Gasteiger partial charge in [0, 0.05) is 18.5 Å². The minimum atomic E-state index is -0.00728. The molecule has 0 unspecified atom stereocenters. The highest BCUT2D eigenvalue weighted by atomic mass is 32.2. The van der Waals surface area contributed by atoms with E-state index < -0.39 is 0 Å². The lowest BCUT2D eigenvalue weighted by atomic mass is 9.99. The van der Waals surface area contributed by atoms with Gasteiger partial charge in [0.15, 0.2) is 11.0 Å². The highest BCUT2D eigenvalue weighted by molar-refractivity contribution is 8.00. The predicted molar refractivity (Wildman–Crippen MR) is 115 cm³/mol. The third kappa shape index (κ3) is 4.70. The van der Waals surface area contributed by atoms with Gasteiger partial charge in [-0.3, -0.25) is 4.79 Å². The van der Waals surface area contributed by atoms with Crippen molar-refractivity contribution in [1.82, 2.24) is 14.8 Å². The number of carbonyl (C=O) groups is 1. The lowest BCUT2D eigenvalue weighted by Gasteiger charge is -2.20. The zero-order chi connectivity index (χ0) is 20.1. The normalized spacial score (nSPS) is 16.7. The van der Waals surface area contributed by atoms with Gasteiger partial charge < -0.3 is 9.30 Å². The molecule has 6 heteroatoms. The van der Waals surface area contributed by atoms with Crippen LogP contribution >= 0.6 is 11.8 Å². The molecular weight excluding hydrogens is 382 g/mol. The van der Waals surface area contributed by atoms with Crippen molar-refractivity contribution in [1.29, 1.82) is 0 Å². The third-order valence-corrected chi connectivity index (χ3v) is 6.57. The summed E-state index contributed by atoms with van der Waals surface area (Å²) in [4.78, 5) is 12.3. The fraction of sp³-hybridized carbons (Fsp3) is 0.348. The SMILES string of the molecule is COc1ccc(-c2nnc(S[C@H]3CCCCC3=O)n2CCc2ccccc2)cc1. The number of aryl methyl sites for hydroxylation is 1. The summed E-state index contributed by atoms with van der Waals surface area (Å²) >= 11 is 1.57. The van der Waals surface area contributed by atoms with Crippen molar-refractivity contribution < 1.29 is 9.53 Å². The summed E-state index contributed by atoms with van der Waals surface area (Å²) in [6, 6.07) is 18.3. The number of Topliss-reactive ketones (excluding diaryl/α,β-unsaturated/α-hetero) is 1. The summed E-state index contributed by atoms with van der Waals surface area (Å²) in [6.07, 6.45) is 4.60. The molecule has 0 N–H and O–H groups in total. The average molecular weight is 408 g/mol. The van der Waals surface area contributed by atoms with Crippen LogP contribution in [0.3, 0.4) is 0 Å². The number of hydrogen-bond acceptors (Lipinski definition) is 5. The lowest BCUT2D eigenvalue weighted by molar-refractivity contribution is -0.119. The number of rotatable bonds is 7. The molecule has 150 valence electrons. The van der Waals surface area contributed by atoms with Gasteiger partial charge in [0.05, 0.1) is 12.4 Å². The van der Waals surface area contributed by atoms with Crippen LogP contribution in [-0.2, 0) is 17.8 Å². The molecule has 1 aliphatic carbocycles. The molecule has 3 aromatic rings. The topological polar surface area (TPSA) is 57.0 Å². The maximum absolute atomic E-state index is 12.3. The molecule has 0 spiro atoms. The van der Waals surface area contributed by atoms with Crippen molar-refractivity contribution in [3.05, 3.63) is 60.2 Å². The van der Waals surface area contributed by atoms with Crippen LogP contribution in [0, 0.1) is 0 Å². The van der Waals surface area contributed by atoms with Crippen molar-refractivity contribution in [2.24, 2.45) is 0 Å². The molecule has 4 rings (SSSR count). The van der Waals surface area contributed by atoms with Gasteiger partial charge in [-0.25, -0.2) is 0 Å². The van der Waals surface area contributed by atoms with Gasteiger partial charge in [-0.2, -0.15) is 0 Å². The first-order valence-electron chi connectivity index (χ1n) is 10.1. The molecule has 0 aliphatic heterocycles. The molecule has 2 aromatic carbocycles. The number of ketones is 1. The van der Waals surface area contributed by atoms with E-state index in [-0.39, 0.29) is 5.25 Å². The van der Waals surface area contributed by atoms with Crippen molar-refractivity contribution in [2.45, 2.75) is 49.1 Å². The predicted octanol–water partition coefficient (Wildman–Crippen LogP) is 4.80. The van der Waals surface area contributed by atoms with E-state index in [9.17, 15) is 4.79 Å². The number of nitrogens with zero attached hydrogens (tertiary/aromatic N) is 3. The monoisotopic (exact) mass is 407 g/mol. The minimum Gasteiger partial charge on any atom is -0.497 e. The molecule has 0 radical (unpaired) electrons. The van der Waals surface area contributed by atoms with Gasteiger partial charge in [0.2, 0.25) is 0 Å². The Hall–Kier alpha value is -2.60. The Bertz CT molecular complexity index is 954. The molecule has 1 saturated carbocycles. The Kier molecular flexibility index (Phi) is 6.30. The highest BCUT2D eigenvalue weighted by Gasteiger charge is 2.26. The Morgan fingerprint density at radius 3 is 2.59 bits per heavy atom. The number of hydrogen-bond donors (Lipinski definition) is 0. The van der Waals surface area contributed by atoms with Gasteiger partial charge in [0.25, 0.3) is 0 Å². The molecule has 1 fully saturated rings. The number of thioether (sulfide) groups is 1. The van der Waals surface area contributed by atoms with E-state index in [1.165, 1.54) is 5.56 Å². The number of aromatic nitrogens is 3. The van der Waals surface area contributed by atoms with Crippen LogP contribution in [0.15, 0.2) is 59.8 Å². The molecule has 1 atom stereocenters. The summed E-state index contributed by atoms with van der Waals surface area (Å²) < 4.78 is 7.43. The van der Waals surface area contributed by atoms with E-state index >= 15 is 0 Å². The number of benzene rings is 2. The summed E-state index contributed by atoms with van der Waals surface area (Å²) in [7, 11) is 1.66. The second-order valence-corrected chi connectivity index (χ2v) is 8.41. The summed E-state index contributed by atoms with van der Waals surface area (Å²) in [5.74, 6) is 1.98. The molecule has 1 heterocycles. The first-order chi connectivity index (χ1) is 14.2. The molecule has 29 heavy (non-hydrogen) atoms. The second kappa shape index (κ2) is 9.27. The average Bonchev–Trinajstić information content (AvgIpc) is 3.17. The van der Waals surface area contributed by atoms with E-state index in [1.54, 1.807) is 18.9 Å². The molecule has 5 nitrogen and oxygen atoms in total. The first kappa shape index (κ1) is 19.7. The standard InChI is InChI=1S/C23H25N3O2S/c1-28-19-13-11-18(12-14-19)22-24-25-23(29-21-10-6-5-9-20(21)27)26(22)16-15-17-7-3-2-4-8-17/h2-4,7-8,11-14,21H,5-6,9-10,15-16H2,1H3/t21-/m0/s1. The molecule has 1 aromatic heterocycles. The van der Waals surface area contributed by atoms with Crippen LogP contribution in [0.2, 0.25) is 0 Å². The quantitative estimate of drug-likeness (QED) is 0.563. The van der Waals surface area contributed by atoms with E-state index in [2.05, 4.69) is 39.0 Å². The van der Waals surface area contributed by atoms with Crippen molar-refractivity contribution in [3.63, 3.8) is 0 Å². The third-order valence-electron chi connectivity index (χ3n) is 5.28. The van der Waals surface area contributed by atoms with Crippen LogP contribution in [0.1, 0.15) is 31.2 Å². The second-order valence-electron chi connectivity index (χ2n) is 7.24. The van der Waals surface area contributed by atoms with Gasteiger partial charge in [-0.1, -0.05) is 48.5 Å². The Morgan fingerprint density at radius 2 is 1.86 bits per heavy atom. The molecule has 0 bridgehead atoms. The van der Waals surface area contributed by atoms with Gasteiger partial charge in [-0.05, 0) is 49.1 Å². The fourth-order valence-corrected chi connectivity index (χ4v) is 4.80. The molecule has 0 saturated heterocycles. The van der Waals surface area contributed by atoms with Crippen molar-refractivity contribution >= 4 is 17.5 Å². The molecular formula is C23H25N3O2S. The van der Waals surface area contributed by atoms with Crippen LogP contribution in [-0.4, -0.2) is 32.9 Å². The highest BCUT2D eigenvalue weighted by Crippen LogP contribution is 2.33. The number of ether oxygens (including phenoxy) is 1. The van der Waals surface area contributed by atoms with Crippen LogP contribution in [0.5, 0.6) is 5.75 Å². The van der Waals surface area contributed by atoms with E-state index in [1.807, 2.05) is 30.3 Å². The summed E-state index contributed by atoms with van der Waals surface area (Å²) in [5, 5.41) is 9.77. The van der Waals surface area contributed by atoms with E-state index in [0.29, 0.717) is 12.2 Å². The maximum atomic E-state index is 12.3. The summed E-state index contributed by atoms with van der Waals surface area (Å²) in [6.45, 7) is 0.765. The number of methoxy groups -OCH3 is 1. The zero-order valence-electron chi connectivity index (χ0n) is 16.6.